The average Bonchev–Trinajstić information content (AvgIpc) is 2.80. The number of nitrogens with zero attached hydrogens (tertiary/aromatic N) is 2. The monoisotopic (exact) mass is 541 g/mol. The van der Waals surface area contributed by atoms with Crippen molar-refractivity contribution >= 4 is 50.7 Å². The van der Waals surface area contributed by atoms with Gasteiger partial charge in [-0.3, -0.25) is 13.9 Å². The molecular weight excluding hydrogens is 509 g/mol. The standard InChI is InChI=1S/C25H33Cl2N3O4S/c1-4-5-15-28-25(32)19(2)29(18-20-11-13-21(26)14-12-20)24(31)10-7-16-30(35(3,33)34)23-9-6-8-22(27)17-23/h6,8-9,11-14,17,19H,4-5,7,10,15-16,18H2,1-3H3,(H,28,32)/t19-/m0/s1. The van der Waals surface area contributed by atoms with E-state index >= 15 is 0 Å². The Labute approximate surface area is 218 Å². The number of sulfonamides is 1. The minimum absolute atomic E-state index is 0.0761. The van der Waals surface area contributed by atoms with E-state index in [-0.39, 0.29) is 37.7 Å². The molecule has 0 aliphatic carbocycles. The molecule has 2 amide bonds. The molecule has 0 saturated carbocycles. The van der Waals surface area contributed by atoms with Crippen molar-refractivity contribution in [3.05, 3.63) is 64.1 Å². The highest BCUT2D eigenvalue weighted by molar-refractivity contribution is 7.92. The number of unbranched alkanes of at least 4 members (excludes halogenated alkanes) is 1. The first kappa shape index (κ1) is 28.9. The maximum atomic E-state index is 13.2. The SMILES string of the molecule is CCCCNC(=O)[C@H](C)N(Cc1ccc(Cl)cc1)C(=O)CCCN(c1cccc(Cl)c1)S(C)(=O)=O. The molecule has 2 rings (SSSR count). The van der Waals surface area contributed by atoms with Crippen molar-refractivity contribution in [3.63, 3.8) is 0 Å². The molecule has 0 aromatic heterocycles. The van der Waals surface area contributed by atoms with E-state index in [1.54, 1.807) is 43.3 Å². The highest BCUT2D eigenvalue weighted by atomic mass is 35.5. The summed E-state index contributed by atoms with van der Waals surface area (Å²) in [5, 5.41) is 3.88. The molecule has 7 nitrogen and oxygen atoms in total. The smallest absolute Gasteiger partial charge is 0.242 e. The van der Waals surface area contributed by atoms with Gasteiger partial charge in [0.1, 0.15) is 6.04 Å². The Morgan fingerprint density at radius 1 is 1.03 bits per heavy atom. The predicted octanol–water partition coefficient (Wildman–Crippen LogP) is 4.87. The lowest BCUT2D eigenvalue weighted by Crippen LogP contribution is -2.47. The molecule has 0 radical (unpaired) electrons. The van der Waals surface area contributed by atoms with Gasteiger partial charge in [0.15, 0.2) is 0 Å². The molecule has 0 heterocycles. The van der Waals surface area contributed by atoms with Crippen LogP contribution in [-0.2, 0) is 26.2 Å². The van der Waals surface area contributed by atoms with Crippen LogP contribution in [0.1, 0.15) is 45.1 Å². The maximum Gasteiger partial charge on any atom is 0.242 e. The molecule has 0 spiro atoms. The Morgan fingerprint density at radius 2 is 1.71 bits per heavy atom. The summed E-state index contributed by atoms with van der Waals surface area (Å²) in [6, 6.07) is 13.0. The first-order valence-electron chi connectivity index (χ1n) is 11.6. The Balaban J connectivity index is 2.13. The summed E-state index contributed by atoms with van der Waals surface area (Å²) in [4.78, 5) is 27.5. The molecule has 0 aliphatic rings. The van der Waals surface area contributed by atoms with Crippen LogP contribution in [0.3, 0.4) is 0 Å². The van der Waals surface area contributed by atoms with E-state index in [2.05, 4.69) is 5.32 Å². The van der Waals surface area contributed by atoms with Gasteiger partial charge in [-0.05, 0) is 55.7 Å². The summed E-state index contributed by atoms with van der Waals surface area (Å²) >= 11 is 12.0. The molecule has 2 aromatic carbocycles. The fourth-order valence-electron chi connectivity index (χ4n) is 3.54. The van der Waals surface area contributed by atoms with E-state index in [9.17, 15) is 18.0 Å². The van der Waals surface area contributed by atoms with Crippen LogP contribution in [0, 0.1) is 0 Å². The molecule has 0 saturated heterocycles. The minimum Gasteiger partial charge on any atom is -0.354 e. The van der Waals surface area contributed by atoms with Crippen molar-refractivity contribution in [2.45, 2.75) is 52.1 Å². The number of nitrogens with one attached hydrogen (secondary N) is 1. The fourth-order valence-corrected chi connectivity index (χ4v) is 4.81. The van der Waals surface area contributed by atoms with Gasteiger partial charge in [0, 0.05) is 36.1 Å². The summed E-state index contributed by atoms with van der Waals surface area (Å²) in [5.74, 6) is -0.463. The molecule has 0 aliphatic heterocycles. The first-order chi connectivity index (χ1) is 16.5. The summed E-state index contributed by atoms with van der Waals surface area (Å²) in [5.41, 5.74) is 1.28. The molecule has 0 bridgehead atoms. The van der Waals surface area contributed by atoms with Crippen molar-refractivity contribution in [1.82, 2.24) is 10.2 Å². The quantitative estimate of drug-likeness (QED) is 0.366. The van der Waals surface area contributed by atoms with Gasteiger partial charge < -0.3 is 10.2 Å². The van der Waals surface area contributed by atoms with Crippen molar-refractivity contribution < 1.29 is 18.0 Å². The predicted molar refractivity (Wildman–Crippen MR) is 142 cm³/mol. The Kier molecular flexibility index (Phi) is 11.3. The van der Waals surface area contributed by atoms with Gasteiger partial charge in [0.05, 0.1) is 11.9 Å². The van der Waals surface area contributed by atoms with Gasteiger partial charge in [-0.1, -0.05) is 54.7 Å². The number of halogens is 2. The summed E-state index contributed by atoms with van der Waals surface area (Å²) in [6.07, 6.45) is 3.28. The largest absolute Gasteiger partial charge is 0.354 e. The molecule has 0 fully saturated rings. The van der Waals surface area contributed by atoms with Gasteiger partial charge >= 0.3 is 0 Å². The van der Waals surface area contributed by atoms with Gasteiger partial charge in [-0.15, -0.1) is 0 Å². The zero-order chi connectivity index (χ0) is 26.0. The number of hydrogen-bond acceptors (Lipinski definition) is 4. The number of rotatable bonds is 13. The highest BCUT2D eigenvalue weighted by Crippen LogP contribution is 2.23. The number of anilines is 1. The third kappa shape index (κ3) is 9.35. The Bertz CT molecular complexity index is 1090. The molecule has 35 heavy (non-hydrogen) atoms. The molecule has 192 valence electrons. The van der Waals surface area contributed by atoms with Crippen LogP contribution in [0.5, 0.6) is 0 Å². The van der Waals surface area contributed by atoms with Crippen LogP contribution in [0.25, 0.3) is 0 Å². The van der Waals surface area contributed by atoms with E-state index in [1.807, 2.05) is 19.1 Å². The van der Waals surface area contributed by atoms with Crippen molar-refractivity contribution in [1.29, 1.82) is 0 Å². The van der Waals surface area contributed by atoms with Gasteiger partial charge in [0.2, 0.25) is 21.8 Å². The van der Waals surface area contributed by atoms with Crippen LogP contribution in [-0.4, -0.2) is 50.5 Å². The molecule has 1 atom stereocenters. The zero-order valence-electron chi connectivity index (χ0n) is 20.3. The lowest BCUT2D eigenvalue weighted by Gasteiger charge is -2.29. The van der Waals surface area contributed by atoms with E-state index in [4.69, 9.17) is 23.2 Å². The Hall–Kier alpha value is -2.29. The number of benzene rings is 2. The summed E-state index contributed by atoms with van der Waals surface area (Å²) in [6.45, 7) is 4.63. The van der Waals surface area contributed by atoms with E-state index in [0.29, 0.717) is 22.3 Å². The molecule has 2 aromatic rings. The second-order valence-electron chi connectivity index (χ2n) is 8.39. The van der Waals surface area contributed by atoms with Crippen molar-refractivity contribution in [2.75, 3.05) is 23.7 Å². The number of hydrogen-bond donors (Lipinski definition) is 1. The first-order valence-corrected chi connectivity index (χ1v) is 14.2. The van der Waals surface area contributed by atoms with Crippen LogP contribution in [0.15, 0.2) is 48.5 Å². The van der Waals surface area contributed by atoms with E-state index in [0.717, 1.165) is 24.7 Å². The average molecular weight is 543 g/mol. The topological polar surface area (TPSA) is 86.8 Å². The van der Waals surface area contributed by atoms with Gasteiger partial charge in [0.25, 0.3) is 0 Å². The molecular formula is C25H33Cl2N3O4S. The lowest BCUT2D eigenvalue weighted by molar-refractivity contribution is -0.140. The Morgan fingerprint density at radius 3 is 2.31 bits per heavy atom. The minimum atomic E-state index is -3.57. The van der Waals surface area contributed by atoms with E-state index in [1.165, 1.54) is 9.21 Å². The van der Waals surface area contributed by atoms with Gasteiger partial charge in [-0.2, -0.15) is 0 Å². The third-order valence-corrected chi connectivity index (χ3v) is 7.19. The van der Waals surface area contributed by atoms with Crippen molar-refractivity contribution in [2.24, 2.45) is 0 Å². The van der Waals surface area contributed by atoms with Crippen molar-refractivity contribution in [3.8, 4) is 0 Å². The second kappa shape index (κ2) is 13.7. The zero-order valence-corrected chi connectivity index (χ0v) is 22.7. The van der Waals surface area contributed by atoms with E-state index < -0.39 is 16.1 Å². The second-order valence-corrected chi connectivity index (χ2v) is 11.2. The van der Waals surface area contributed by atoms with Crippen LogP contribution < -0.4 is 9.62 Å². The molecule has 0 unspecified atom stereocenters. The van der Waals surface area contributed by atoms with Crippen LogP contribution >= 0.6 is 23.2 Å². The normalized spacial score (nSPS) is 12.1. The number of amides is 2. The third-order valence-electron chi connectivity index (χ3n) is 5.51. The fraction of sp³-hybridized carbons (Fsp3) is 0.440. The van der Waals surface area contributed by atoms with Crippen LogP contribution in [0.2, 0.25) is 10.0 Å². The lowest BCUT2D eigenvalue weighted by atomic mass is 10.1. The number of carbonyl (C=O) groups is 2. The molecule has 10 heteroatoms. The van der Waals surface area contributed by atoms with Crippen LogP contribution in [0.4, 0.5) is 5.69 Å². The number of carbonyl (C=O) groups excluding carboxylic acids is 2. The maximum absolute atomic E-state index is 13.2. The highest BCUT2D eigenvalue weighted by Gasteiger charge is 2.26. The van der Waals surface area contributed by atoms with Gasteiger partial charge in [-0.25, -0.2) is 8.42 Å². The summed E-state index contributed by atoms with van der Waals surface area (Å²) in [7, 11) is -3.57. The summed E-state index contributed by atoms with van der Waals surface area (Å²) < 4.78 is 26.0. The molecule has 1 N–H and O–H groups in total.